The van der Waals surface area contributed by atoms with Crippen LogP contribution in [-0.2, 0) is 9.59 Å². The summed E-state index contributed by atoms with van der Waals surface area (Å²) in [5.74, 6) is -0.291. The van der Waals surface area contributed by atoms with Gasteiger partial charge in [-0.25, -0.2) is 0 Å². The Kier molecular flexibility index (Phi) is 5.11. The van der Waals surface area contributed by atoms with E-state index >= 15 is 0 Å². The molecular weight excluding hydrogens is 344 g/mol. The molecule has 0 spiro atoms. The first-order chi connectivity index (χ1) is 11.5. The van der Waals surface area contributed by atoms with Gasteiger partial charge in [0.05, 0.1) is 5.69 Å². The molecule has 1 atom stereocenters. The highest BCUT2D eigenvalue weighted by Gasteiger charge is 2.27. The van der Waals surface area contributed by atoms with Crippen LogP contribution in [0.3, 0.4) is 0 Å². The lowest BCUT2D eigenvalue weighted by Gasteiger charge is -2.22. The van der Waals surface area contributed by atoms with Gasteiger partial charge in [-0.05, 0) is 30.3 Å². The topological polar surface area (TPSA) is 49.4 Å². The average molecular weight is 361 g/mol. The van der Waals surface area contributed by atoms with Crippen LogP contribution in [0.25, 0.3) is 0 Å². The summed E-state index contributed by atoms with van der Waals surface area (Å²) in [5, 5.41) is 3.52. The van der Waals surface area contributed by atoms with E-state index < -0.39 is 0 Å². The van der Waals surface area contributed by atoms with Crippen LogP contribution in [0, 0.1) is 0 Å². The number of benzene rings is 2. The number of amides is 2. The Balaban J connectivity index is 1.80. The van der Waals surface area contributed by atoms with Crippen molar-refractivity contribution in [2.75, 3.05) is 16.8 Å². The molecule has 1 unspecified atom stereocenters. The zero-order chi connectivity index (χ0) is 17.1. The van der Waals surface area contributed by atoms with Crippen molar-refractivity contribution in [3.05, 3.63) is 53.6 Å². The van der Waals surface area contributed by atoms with Crippen molar-refractivity contribution < 1.29 is 9.59 Å². The monoisotopic (exact) mass is 360 g/mol. The second-order valence-corrected chi connectivity index (χ2v) is 7.56. The maximum Gasteiger partial charge on any atom is 0.244 e. The van der Waals surface area contributed by atoms with Gasteiger partial charge in [-0.3, -0.25) is 9.59 Å². The van der Waals surface area contributed by atoms with Crippen molar-refractivity contribution in [3.63, 3.8) is 0 Å². The molecule has 3 rings (SSSR count). The smallest absolute Gasteiger partial charge is 0.244 e. The molecule has 1 aliphatic rings. The van der Waals surface area contributed by atoms with Gasteiger partial charge in [0.15, 0.2) is 0 Å². The molecule has 1 N–H and O–H groups in total. The summed E-state index contributed by atoms with van der Waals surface area (Å²) in [7, 11) is 0. The van der Waals surface area contributed by atoms with Crippen molar-refractivity contribution in [1.29, 1.82) is 0 Å². The van der Waals surface area contributed by atoms with Gasteiger partial charge in [-0.15, -0.1) is 11.8 Å². The van der Waals surface area contributed by atoms with Gasteiger partial charge in [0.25, 0.3) is 0 Å². The van der Waals surface area contributed by atoms with Crippen LogP contribution in [0.1, 0.15) is 13.3 Å². The summed E-state index contributed by atoms with van der Waals surface area (Å²) < 4.78 is 0. The number of hydrogen-bond donors (Lipinski definition) is 1. The number of carbonyl (C=O) groups excluding carboxylic acids is 2. The Morgan fingerprint density at radius 3 is 2.88 bits per heavy atom. The van der Waals surface area contributed by atoms with Gasteiger partial charge in [0.2, 0.25) is 11.8 Å². The highest BCUT2D eigenvalue weighted by atomic mass is 35.5. The van der Waals surface area contributed by atoms with E-state index in [9.17, 15) is 9.59 Å². The minimum absolute atomic E-state index is 0.0182. The SMILES string of the molecule is CC1CC(=O)N(CC(=O)Nc2cccc(Cl)c2)c2ccccc2S1. The number of para-hydroxylation sites is 1. The van der Waals surface area contributed by atoms with Crippen LogP contribution in [0.2, 0.25) is 5.02 Å². The number of nitrogens with zero attached hydrogens (tertiary/aromatic N) is 1. The van der Waals surface area contributed by atoms with Gasteiger partial charge in [0, 0.05) is 27.3 Å². The van der Waals surface area contributed by atoms with E-state index in [2.05, 4.69) is 5.32 Å². The number of nitrogens with one attached hydrogen (secondary N) is 1. The zero-order valence-electron chi connectivity index (χ0n) is 13.2. The molecule has 0 fully saturated rings. The molecule has 124 valence electrons. The van der Waals surface area contributed by atoms with E-state index in [4.69, 9.17) is 11.6 Å². The fourth-order valence-electron chi connectivity index (χ4n) is 2.61. The molecule has 24 heavy (non-hydrogen) atoms. The summed E-state index contributed by atoms with van der Waals surface area (Å²) in [5.41, 5.74) is 1.41. The van der Waals surface area contributed by atoms with Crippen LogP contribution in [0.5, 0.6) is 0 Å². The lowest BCUT2D eigenvalue weighted by molar-refractivity contribution is -0.121. The second kappa shape index (κ2) is 7.28. The van der Waals surface area contributed by atoms with Gasteiger partial charge < -0.3 is 10.2 Å². The highest BCUT2D eigenvalue weighted by Crippen LogP contribution is 2.37. The molecule has 0 aromatic heterocycles. The molecule has 0 saturated heterocycles. The average Bonchev–Trinajstić information content (AvgIpc) is 2.64. The normalized spacial score (nSPS) is 17.2. The van der Waals surface area contributed by atoms with Crippen LogP contribution in [-0.4, -0.2) is 23.6 Å². The van der Waals surface area contributed by atoms with E-state index in [1.54, 1.807) is 40.9 Å². The number of fused-ring (bicyclic) bond motifs is 1. The number of halogens is 1. The summed E-state index contributed by atoms with van der Waals surface area (Å²) in [6.45, 7) is 2.00. The molecule has 2 amide bonds. The van der Waals surface area contributed by atoms with Crippen LogP contribution in [0.15, 0.2) is 53.4 Å². The van der Waals surface area contributed by atoms with Crippen molar-refractivity contribution in [1.82, 2.24) is 0 Å². The van der Waals surface area contributed by atoms with E-state index in [1.807, 2.05) is 31.2 Å². The third kappa shape index (κ3) is 3.91. The van der Waals surface area contributed by atoms with Crippen LogP contribution >= 0.6 is 23.4 Å². The predicted molar refractivity (Wildman–Crippen MR) is 98.8 cm³/mol. The number of thioether (sulfide) groups is 1. The Labute approximate surface area is 150 Å². The quantitative estimate of drug-likeness (QED) is 0.892. The first-order valence-corrected chi connectivity index (χ1v) is 8.90. The van der Waals surface area contributed by atoms with Crippen molar-refractivity contribution >= 4 is 46.6 Å². The minimum Gasteiger partial charge on any atom is -0.324 e. The lowest BCUT2D eigenvalue weighted by atomic mass is 10.2. The maximum atomic E-state index is 12.5. The van der Waals surface area contributed by atoms with Crippen LogP contribution in [0.4, 0.5) is 11.4 Å². The Morgan fingerprint density at radius 2 is 2.08 bits per heavy atom. The molecule has 1 heterocycles. The van der Waals surface area contributed by atoms with Gasteiger partial charge in [0.1, 0.15) is 6.54 Å². The highest BCUT2D eigenvalue weighted by molar-refractivity contribution is 8.00. The molecule has 0 aliphatic carbocycles. The third-order valence-corrected chi connectivity index (χ3v) is 5.06. The number of rotatable bonds is 3. The molecule has 2 aromatic carbocycles. The maximum absolute atomic E-state index is 12.5. The lowest BCUT2D eigenvalue weighted by Crippen LogP contribution is -2.38. The number of anilines is 2. The molecular formula is C18H17ClN2O2S. The number of hydrogen-bond acceptors (Lipinski definition) is 3. The molecule has 2 aromatic rings. The summed E-state index contributed by atoms with van der Waals surface area (Å²) in [6, 6.07) is 14.6. The summed E-state index contributed by atoms with van der Waals surface area (Å²) >= 11 is 7.59. The molecule has 4 nitrogen and oxygen atoms in total. The van der Waals surface area contributed by atoms with Crippen molar-refractivity contribution in [2.45, 2.75) is 23.5 Å². The fourth-order valence-corrected chi connectivity index (χ4v) is 3.92. The minimum atomic E-state index is -0.250. The molecule has 0 radical (unpaired) electrons. The largest absolute Gasteiger partial charge is 0.324 e. The second-order valence-electron chi connectivity index (χ2n) is 5.64. The zero-order valence-corrected chi connectivity index (χ0v) is 14.7. The predicted octanol–water partition coefficient (Wildman–Crippen LogP) is 4.20. The third-order valence-electron chi connectivity index (χ3n) is 3.66. The standard InChI is InChI=1S/C18H17ClN2O2S/c1-12-9-18(23)21(15-7-2-3-8-16(15)24-12)11-17(22)20-14-6-4-5-13(19)10-14/h2-8,10,12H,9,11H2,1H3,(H,20,22). The van der Waals surface area contributed by atoms with Crippen molar-refractivity contribution in [3.8, 4) is 0 Å². The van der Waals surface area contributed by atoms with Crippen molar-refractivity contribution in [2.24, 2.45) is 0 Å². The summed E-state index contributed by atoms with van der Waals surface area (Å²) in [6.07, 6.45) is 0.407. The molecule has 1 aliphatic heterocycles. The fraction of sp³-hybridized carbons (Fsp3) is 0.222. The van der Waals surface area contributed by atoms with E-state index in [-0.39, 0.29) is 23.6 Å². The Hall–Kier alpha value is -1.98. The van der Waals surface area contributed by atoms with E-state index in [1.165, 1.54) is 0 Å². The first kappa shape index (κ1) is 16.9. The van der Waals surface area contributed by atoms with E-state index in [0.29, 0.717) is 17.1 Å². The summed E-state index contributed by atoms with van der Waals surface area (Å²) in [4.78, 5) is 27.5. The van der Waals surface area contributed by atoms with Gasteiger partial charge in [-0.1, -0.05) is 36.7 Å². The first-order valence-electron chi connectivity index (χ1n) is 7.64. The van der Waals surface area contributed by atoms with E-state index in [0.717, 1.165) is 10.6 Å². The molecule has 0 bridgehead atoms. The number of carbonyl (C=O) groups is 2. The molecule has 0 saturated carbocycles. The Morgan fingerprint density at radius 1 is 1.29 bits per heavy atom. The van der Waals surface area contributed by atoms with Gasteiger partial charge in [-0.2, -0.15) is 0 Å². The van der Waals surface area contributed by atoms with Gasteiger partial charge >= 0.3 is 0 Å². The Bertz CT molecular complexity index is 781. The molecule has 6 heteroatoms. The van der Waals surface area contributed by atoms with Crippen LogP contribution < -0.4 is 10.2 Å².